The zero-order valence-corrected chi connectivity index (χ0v) is 20.1. The van der Waals surface area contributed by atoms with Gasteiger partial charge in [-0.15, -0.1) is 0 Å². The van der Waals surface area contributed by atoms with Crippen LogP contribution < -0.4 is 11.1 Å². The normalized spacial score (nSPS) is 12.4. The molecule has 0 fully saturated rings. The highest BCUT2D eigenvalue weighted by atomic mass is 16.1. The number of nitrogens with two attached hydrogens (primary N) is 1. The fourth-order valence-corrected chi connectivity index (χ4v) is 4.11. The highest BCUT2D eigenvalue weighted by molar-refractivity contribution is 5.78. The molecule has 0 aromatic heterocycles. The summed E-state index contributed by atoms with van der Waals surface area (Å²) in [5, 5.41) is 3.59. The van der Waals surface area contributed by atoms with Gasteiger partial charge in [-0.2, -0.15) is 0 Å². The van der Waals surface area contributed by atoms with Crippen LogP contribution in [0.2, 0.25) is 0 Å². The van der Waals surface area contributed by atoms with E-state index in [9.17, 15) is 4.79 Å². The summed E-state index contributed by atoms with van der Waals surface area (Å²) in [7, 11) is 0. The number of rotatable bonds is 24. The molecule has 0 aliphatic carbocycles. The van der Waals surface area contributed by atoms with E-state index in [0.717, 1.165) is 38.6 Å². The summed E-state index contributed by atoms with van der Waals surface area (Å²) in [6, 6.07) is 0.547. The molecular formula is C26H54N2O. The Hall–Kier alpha value is -0.410. The second kappa shape index (κ2) is 23.9. The summed E-state index contributed by atoms with van der Waals surface area (Å²) in [5.41, 5.74) is 5.67. The summed E-state index contributed by atoms with van der Waals surface area (Å²) < 4.78 is 0. The zero-order chi connectivity index (χ0) is 21.4. The Morgan fingerprint density at radius 3 is 1.66 bits per heavy atom. The van der Waals surface area contributed by atoms with Gasteiger partial charge in [-0.1, -0.05) is 104 Å². The van der Waals surface area contributed by atoms with Crippen LogP contribution in [0.3, 0.4) is 0 Å². The minimum atomic E-state index is 0.477. The Morgan fingerprint density at radius 2 is 1.10 bits per heavy atom. The van der Waals surface area contributed by atoms with Gasteiger partial charge >= 0.3 is 0 Å². The first kappa shape index (κ1) is 28.6. The van der Waals surface area contributed by atoms with E-state index in [-0.39, 0.29) is 0 Å². The molecule has 3 nitrogen and oxygen atoms in total. The number of carbonyl (C=O) groups excluding carboxylic acids is 1. The predicted octanol–water partition coefficient (Wildman–Crippen LogP) is 7.31. The second-order valence-corrected chi connectivity index (χ2v) is 9.01. The Balaban J connectivity index is 3.65. The summed E-state index contributed by atoms with van der Waals surface area (Å²) in [5.74, 6) is 0.477. The molecule has 0 radical (unpaired) electrons. The summed E-state index contributed by atoms with van der Waals surface area (Å²) in [4.78, 5) is 12.2. The van der Waals surface area contributed by atoms with Gasteiger partial charge < -0.3 is 11.1 Å². The molecule has 3 heteroatoms. The van der Waals surface area contributed by atoms with Gasteiger partial charge in [0.05, 0.1) is 0 Å². The van der Waals surface area contributed by atoms with Gasteiger partial charge in [0.15, 0.2) is 0 Å². The highest BCUT2D eigenvalue weighted by Crippen LogP contribution is 2.14. The monoisotopic (exact) mass is 410 g/mol. The van der Waals surface area contributed by atoms with Crippen LogP contribution in [0.15, 0.2) is 0 Å². The molecule has 0 bridgehead atoms. The summed E-state index contributed by atoms with van der Waals surface area (Å²) in [6.07, 6.45) is 24.9. The molecule has 3 N–H and O–H groups in total. The van der Waals surface area contributed by atoms with Crippen LogP contribution in [-0.2, 0) is 4.79 Å². The second-order valence-electron chi connectivity index (χ2n) is 9.01. The van der Waals surface area contributed by atoms with Gasteiger partial charge in [0.2, 0.25) is 0 Å². The Bertz CT molecular complexity index is 333. The lowest BCUT2D eigenvalue weighted by Crippen LogP contribution is -2.33. The van der Waals surface area contributed by atoms with Gasteiger partial charge in [0, 0.05) is 32.0 Å². The SMILES string of the molecule is CCCCCCCCCCCC(=O)CCCC(CCCCCCCC)NCCN. The lowest BCUT2D eigenvalue weighted by atomic mass is 9.99. The van der Waals surface area contributed by atoms with Crippen LogP contribution in [0.25, 0.3) is 0 Å². The molecule has 174 valence electrons. The molecule has 0 saturated carbocycles. The average molecular weight is 411 g/mol. The van der Waals surface area contributed by atoms with Gasteiger partial charge in [0.25, 0.3) is 0 Å². The molecule has 0 heterocycles. The molecule has 0 aliphatic rings. The van der Waals surface area contributed by atoms with Crippen molar-refractivity contribution in [2.24, 2.45) is 5.73 Å². The lowest BCUT2D eigenvalue weighted by molar-refractivity contribution is -0.119. The number of hydrogen-bond acceptors (Lipinski definition) is 3. The number of carbonyl (C=O) groups is 1. The van der Waals surface area contributed by atoms with Crippen molar-refractivity contribution in [2.75, 3.05) is 13.1 Å². The number of unbranched alkanes of at least 4 members (excludes halogenated alkanes) is 13. The van der Waals surface area contributed by atoms with Crippen molar-refractivity contribution in [1.82, 2.24) is 5.32 Å². The van der Waals surface area contributed by atoms with Crippen molar-refractivity contribution in [3.8, 4) is 0 Å². The van der Waals surface area contributed by atoms with E-state index in [1.54, 1.807) is 0 Å². The van der Waals surface area contributed by atoms with Crippen LogP contribution in [0.1, 0.15) is 142 Å². The van der Waals surface area contributed by atoms with Crippen molar-refractivity contribution in [3.05, 3.63) is 0 Å². The maximum absolute atomic E-state index is 12.2. The van der Waals surface area contributed by atoms with E-state index in [2.05, 4.69) is 19.2 Å². The molecule has 29 heavy (non-hydrogen) atoms. The lowest BCUT2D eigenvalue weighted by Gasteiger charge is -2.18. The Morgan fingerprint density at radius 1 is 0.655 bits per heavy atom. The van der Waals surface area contributed by atoms with E-state index in [4.69, 9.17) is 5.73 Å². The molecule has 1 unspecified atom stereocenters. The van der Waals surface area contributed by atoms with E-state index in [1.165, 1.54) is 96.3 Å². The Labute approximate surface area is 183 Å². The molecule has 0 saturated heterocycles. The van der Waals surface area contributed by atoms with Crippen molar-refractivity contribution in [3.63, 3.8) is 0 Å². The number of hydrogen-bond donors (Lipinski definition) is 2. The maximum atomic E-state index is 12.2. The van der Waals surface area contributed by atoms with Crippen molar-refractivity contribution in [2.45, 2.75) is 148 Å². The predicted molar refractivity (Wildman–Crippen MR) is 130 cm³/mol. The minimum Gasteiger partial charge on any atom is -0.329 e. The number of nitrogens with one attached hydrogen (secondary N) is 1. The van der Waals surface area contributed by atoms with E-state index >= 15 is 0 Å². The molecule has 0 rings (SSSR count). The number of Topliss-reactive ketones (excluding diaryl/α,β-unsaturated/α-hetero) is 1. The molecule has 0 amide bonds. The van der Waals surface area contributed by atoms with Crippen LogP contribution in [0, 0.1) is 0 Å². The summed E-state index contributed by atoms with van der Waals surface area (Å²) >= 11 is 0. The molecule has 0 spiro atoms. The van der Waals surface area contributed by atoms with Gasteiger partial charge in [-0.05, 0) is 25.7 Å². The summed E-state index contributed by atoms with van der Waals surface area (Å²) in [6.45, 7) is 6.13. The molecule has 1 atom stereocenters. The van der Waals surface area contributed by atoms with Crippen LogP contribution in [0.4, 0.5) is 0 Å². The van der Waals surface area contributed by atoms with Crippen LogP contribution in [-0.4, -0.2) is 24.9 Å². The topological polar surface area (TPSA) is 55.1 Å². The van der Waals surface area contributed by atoms with E-state index in [1.807, 2.05) is 0 Å². The standard InChI is InChI=1S/C26H54N2O/c1-3-5-7-9-11-12-13-15-17-21-26(29)22-18-20-25(28-24-23-27)19-16-14-10-8-6-4-2/h25,28H,3-24,27H2,1-2H3. The van der Waals surface area contributed by atoms with Crippen LogP contribution in [0.5, 0.6) is 0 Å². The molecule has 0 aromatic rings. The smallest absolute Gasteiger partial charge is 0.132 e. The van der Waals surface area contributed by atoms with Gasteiger partial charge in [0.1, 0.15) is 5.78 Å². The third kappa shape index (κ3) is 22.1. The van der Waals surface area contributed by atoms with Crippen molar-refractivity contribution < 1.29 is 4.79 Å². The van der Waals surface area contributed by atoms with Gasteiger partial charge in [-0.3, -0.25) is 4.79 Å². The first-order valence-corrected chi connectivity index (χ1v) is 13.2. The quantitative estimate of drug-likeness (QED) is 0.164. The van der Waals surface area contributed by atoms with E-state index < -0.39 is 0 Å². The third-order valence-electron chi connectivity index (χ3n) is 6.05. The largest absolute Gasteiger partial charge is 0.329 e. The fraction of sp³-hybridized carbons (Fsp3) is 0.962. The van der Waals surface area contributed by atoms with Crippen molar-refractivity contribution >= 4 is 5.78 Å². The minimum absolute atomic E-state index is 0.477. The Kier molecular flexibility index (Phi) is 23.5. The third-order valence-corrected chi connectivity index (χ3v) is 6.05. The first-order valence-electron chi connectivity index (χ1n) is 13.2. The van der Waals surface area contributed by atoms with Gasteiger partial charge in [-0.25, -0.2) is 0 Å². The molecule has 0 aromatic carbocycles. The number of ketones is 1. The molecule has 0 aliphatic heterocycles. The van der Waals surface area contributed by atoms with Crippen molar-refractivity contribution in [1.29, 1.82) is 0 Å². The van der Waals surface area contributed by atoms with E-state index in [0.29, 0.717) is 18.4 Å². The zero-order valence-electron chi connectivity index (χ0n) is 20.1. The highest BCUT2D eigenvalue weighted by Gasteiger charge is 2.09. The first-order chi connectivity index (χ1) is 14.2. The maximum Gasteiger partial charge on any atom is 0.132 e. The van der Waals surface area contributed by atoms with Crippen LogP contribution >= 0.6 is 0 Å². The fourth-order valence-electron chi connectivity index (χ4n) is 4.11. The average Bonchev–Trinajstić information content (AvgIpc) is 2.72. The molecular weight excluding hydrogens is 356 g/mol.